The van der Waals surface area contributed by atoms with Crippen molar-refractivity contribution in [1.29, 1.82) is 0 Å². The van der Waals surface area contributed by atoms with Crippen LogP contribution in [0.1, 0.15) is 13.3 Å². The minimum absolute atomic E-state index is 0.827. The quantitative estimate of drug-likeness (QED) is 0.825. The molecule has 0 spiro atoms. The van der Waals surface area contributed by atoms with Crippen LogP contribution in [0.5, 0.6) is 0 Å². The van der Waals surface area contributed by atoms with Crippen molar-refractivity contribution < 1.29 is 0 Å². The third-order valence-corrected chi connectivity index (χ3v) is 3.97. The molecule has 1 unspecified atom stereocenters. The molecule has 0 amide bonds. The van der Waals surface area contributed by atoms with Crippen LogP contribution in [0.4, 0.5) is 11.4 Å². The molecule has 1 aliphatic rings. The lowest BCUT2D eigenvalue weighted by Gasteiger charge is -2.12. The van der Waals surface area contributed by atoms with Crippen LogP contribution in [0, 0.1) is 5.92 Å². The Kier molecular flexibility index (Phi) is 4.34. The summed E-state index contributed by atoms with van der Waals surface area (Å²) in [6.07, 6.45) is 5.10. The Bertz CT molecular complexity index is 324. The Morgan fingerprint density at radius 1 is 1.38 bits per heavy atom. The van der Waals surface area contributed by atoms with E-state index in [4.69, 9.17) is 0 Å². The number of anilines is 2. The van der Waals surface area contributed by atoms with Gasteiger partial charge in [0.2, 0.25) is 0 Å². The molecule has 16 heavy (non-hydrogen) atoms. The first-order valence-electron chi connectivity index (χ1n) is 5.89. The molecular formula is C12H19N3S. The molecule has 3 nitrogen and oxygen atoms in total. The predicted molar refractivity (Wildman–Crippen MR) is 72.3 cm³/mol. The highest BCUT2D eigenvalue weighted by atomic mass is 32.2. The lowest BCUT2D eigenvalue weighted by Crippen LogP contribution is -2.13. The van der Waals surface area contributed by atoms with Crippen molar-refractivity contribution in [3.63, 3.8) is 0 Å². The predicted octanol–water partition coefficient (Wildman–Crippen LogP) is 2.68. The summed E-state index contributed by atoms with van der Waals surface area (Å²) in [6.45, 7) is 4.10. The SMILES string of the molecule is CCNc1cncc(NCC2CCSC2)c1. The molecule has 1 aliphatic heterocycles. The minimum atomic E-state index is 0.827. The zero-order chi connectivity index (χ0) is 11.2. The molecule has 1 aromatic heterocycles. The van der Waals surface area contributed by atoms with Crippen molar-refractivity contribution in [3.05, 3.63) is 18.5 Å². The van der Waals surface area contributed by atoms with Crippen molar-refractivity contribution >= 4 is 23.1 Å². The van der Waals surface area contributed by atoms with Crippen molar-refractivity contribution in [2.75, 3.05) is 35.2 Å². The Hall–Kier alpha value is -0.900. The van der Waals surface area contributed by atoms with E-state index in [1.165, 1.54) is 17.9 Å². The van der Waals surface area contributed by atoms with E-state index in [0.29, 0.717) is 0 Å². The molecule has 0 aromatic carbocycles. The third kappa shape index (κ3) is 3.30. The first-order valence-corrected chi connectivity index (χ1v) is 7.04. The zero-order valence-corrected chi connectivity index (χ0v) is 10.5. The molecule has 2 N–H and O–H groups in total. The first kappa shape index (κ1) is 11.6. The minimum Gasteiger partial charge on any atom is -0.384 e. The summed E-state index contributed by atoms with van der Waals surface area (Å²) in [5.41, 5.74) is 2.21. The van der Waals surface area contributed by atoms with E-state index in [1.807, 2.05) is 12.4 Å². The van der Waals surface area contributed by atoms with Gasteiger partial charge in [0.25, 0.3) is 0 Å². The summed E-state index contributed by atoms with van der Waals surface area (Å²) in [6, 6.07) is 2.12. The molecule has 2 heterocycles. The van der Waals surface area contributed by atoms with Gasteiger partial charge in [-0.3, -0.25) is 4.98 Å². The summed E-state index contributed by atoms with van der Waals surface area (Å²) >= 11 is 2.06. The van der Waals surface area contributed by atoms with Crippen LogP contribution >= 0.6 is 11.8 Å². The number of rotatable bonds is 5. The molecule has 0 radical (unpaired) electrons. The number of hydrogen-bond donors (Lipinski definition) is 2. The van der Waals surface area contributed by atoms with Crippen LogP contribution in [-0.4, -0.2) is 29.6 Å². The number of hydrogen-bond acceptors (Lipinski definition) is 4. The smallest absolute Gasteiger partial charge is 0.0547 e. The van der Waals surface area contributed by atoms with Gasteiger partial charge in [-0.1, -0.05) is 0 Å². The molecule has 1 aromatic rings. The highest BCUT2D eigenvalue weighted by Gasteiger charge is 2.14. The number of thioether (sulfide) groups is 1. The molecule has 1 atom stereocenters. The van der Waals surface area contributed by atoms with Crippen LogP contribution in [0.3, 0.4) is 0 Å². The van der Waals surface area contributed by atoms with Gasteiger partial charge >= 0.3 is 0 Å². The van der Waals surface area contributed by atoms with Crippen molar-refractivity contribution in [2.24, 2.45) is 5.92 Å². The molecule has 0 bridgehead atoms. The summed E-state index contributed by atoms with van der Waals surface area (Å²) in [5.74, 6) is 3.45. The van der Waals surface area contributed by atoms with Gasteiger partial charge in [0.15, 0.2) is 0 Å². The number of aromatic nitrogens is 1. The van der Waals surface area contributed by atoms with E-state index in [1.54, 1.807) is 0 Å². The van der Waals surface area contributed by atoms with Gasteiger partial charge in [0.05, 0.1) is 23.8 Å². The second-order valence-corrected chi connectivity index (χ2v) is 5.25. The van der Waals surface area contributed by atoms with Gasteiger partial charge in [-0.15, -0.1) is 0 Å². The second-order valence-electron chi connectivity index (χ2n) is 4.10. The number of nitrogens with zero attached hydrogens (tertiary/aromatic N) is 1. The molecule has 88 valence electrons. The zero-order valence-electron chi connectivity index (χ0n) is 9.70. The Morgan fingerprint density at radius 2 is 2.19 bits per heavy atom. The van der Waals surface area contributed by atoms with Gasteiger partial charge in [-0.25, -0.2) is 0 Å². The summed E-state index contributed by atoms with van der Waals surface area (Å²) in [4.78, 5) is 4.22. The topological polar surface area (TPSA) is 37.0 Å². The largest absolute Gasteiger partial charge is 0.384 e. The maximum Gasteiger partial charge on any atom is 0.0547 e. The van der Waals surface area contributed by atoms with Gasteiger partial charge in [0.1, 0.15) is 0 Å². The summed E-state index contributed by atoms with van der Waals surface area (Å²) < 4.78 is 0. The average molecular weight is 237 g/mol. The fourth-order valence-corrected chi connectivity index (χ4v) is 3.13. The standard InChI is InChI=1S/C12H19N3S/c1-2-14-11-5-12(8-13-7-11)15-6-10-3-4-16-9-10/h5,7-8,10,14-15H,2-4,6,9H2,1H3. The monoisotopic (exact) mass is 237 g/mol. The Balaban J connectivity index is 1.85. The molecule has 0 aliphatic carbocycles. The highest BCUT2D eigenvalue weighted by molar-refractivity contribution is 7.99. The fraction of sp³-hybridized carbons (Fsp3) is 0.583. The van der Waals surface area contributed by atoms with E-state index in [2.05, 4.69) is 40.4 Å². The lowest BCUT2D eigenvalue weighted by molar-refractivity contribution is 0.632. The van der Waals surface area contributed by atoms with E-state index >= 15 is 0 Å². The van der Waals surface area contributed by atoms with Crippen LogP contribution in [0.25, 0.3) is 0 Å². The highest BCUT2D eigenvalue weighted by Crippen LogP contribution is 2.23. The Morgan fingerprint density at radius 3 is 2.88 bits per heavy atom. The van der Waals surface area contributed by atoms with Gasteiger partial charge in [0, 0.05) is 13.1 Å². The molecule has 1 fully saturated rings. The molecular weight excluding hydrogens is 218 g/mol. The van der Waals surface area contributed by atoms with Crippen molar-refractivity contribution in [3.8, 4) is 0 Å². The maximum atomic E-state index is 4.22. The first-order chi connectivity index (χ1) is 7.88. The summed E-state index contributed by atoms with van der Waals surface area (Å²) in [5, 5.41) is 6.74. The van der Waals surface area contributed by atoms with Gasteiger partial charge in [-0.05, 0) is 36.8 Å². The summed E-state index contributed by atoms with van der Waals surface area (Å²) in [7, 11) is 0. The third-order valence-electron chi connectivity index (χ3n) is 2.74. The van der Waals surface area contributed by atoms with Crippen LogP contribution < -0.4 is 10.6 Å². The van der Waals surface area contributed by atoms with Crippen LogP contribution in [-0.2, 0) is 0 Å². The second kappa shape index (κ2) is 5.99. The van der Waals surface area contributed by atoms with E-state index in [0.717, 1.165) is 30.4 Å². The molecule has 1 saturated heterocycles. The van der Waals surface area contributed by atoms with Gasteiger partial charge < -0.3 is 10.6 Å². The molecule has 4 heteroatoms. The van der Waals surface area contributed by atoms with Gasteiger partial charge in [-0.2, -0.15) is 11.8 Å². The van der Waals surface area contributed by atoms with E-state index < -0.39 is 0 Å². The number of pyridine rings is 1. The molecule has 0 saturated carbocycles. The van der Waals surface area contributed by atoms with Crippen molar-refractivity contribution in [2.45, 2.75) is 13.3 Å². The van der Waals surface area contributed by atoms with Crippen LogP contribution in [0.2, 0.25) is 0 Å². The van der Waals surface area contributed by atoms with E-state index in [-0.39, 0.29) is 0 Å². The maximum absolute atomic E-state index is 4.22. The lowest BCUT2D eigenvalue weighted by atomic mass is 10.1. The van der Waals surface area contributed by atoms with Crippen molar-refractivity contribution in [1.82, 2.24) is 4.98 Å². The molecule has 2 rings (SSSR count). The number of nitrogens with one attached hydrogen (secondary N) is 2. The normalized spacial score (nSPS) is 19.7. The fourth-order valence-electron chi connectivity index (χ4n) is 1.84. The van der Waals surface area contributed by atoms with Crippen LogP contribution in [0.15, 0.2) is 18.5 Å². The van der Waals surface area contributed by atoms with E-state index in [9.17, 15) is 0 Å². The Labute approximate surface area is 101 Å². The average Bonchev–Trinajstić information content (AvgIpc) is 2.80.